The number of fused-ring (bicyclic) bond motifs is 1. The molecule has 2 rings (SSSR count). The summed E-state index contributed by atoms with van der Waals surface area (Å²) in [4.78, 5) is 23.2. The summed E-state index contributed by atoms with van der Waals surface area (Å²) in [5, 5.41) is 11.7. The number of carbonyl (C=O) groups is 2. The Morgan fingerprint density at radius 3 is 2.77 bits per heavy atom. The Hall–Kier alpha value is -2.24. The van der Waals surface area contributed by atoms with Crippen LogP contribution >= 0.6 is 0 Å². The van der Waals surface area contributed by atoms with Crippen LogP contribution in [0.3, 0.4) is 0 Å². The van der Waals surface area contributed by atoms with Gasteiger partial charge in [0.15, 0.2) is 0 Å². The lowest BCUT2D eigenvalue weighted by molar-refractivity contribution is -0.142. The van der Waals surface area contributed by atoms with Crippen LogP contribution in [0.1, 0.15) is 19.4 Å². The summed E-state index contributed by atoms with van der Waals surface area (Å²) < 4.78 is 10.8. The van der Waals surface area contributed by atoms with Crippen molar-refractivity contribution < 1.29 is 24.2 Å². The number of rotatable bonds is 5. The summed E-state index contributed by atoms with van der Waals surface area (Å²) in [7, 11) is 1.59. The predicted octanol–water partition coefficient (Wildman–Crippen LogP) is 1.47. The Kier molecular flexibility index (Phi) is 4.90. The second kappa shape index (κ2) is 6.68. The van der Waals surface area contributed by atoms with Gasteiger partial charge in [-0.1, -0.05) is 0 Å². The van der Waals surface area contributed by atoms with Crippen LogP contribution in [0, 0.1) is 11.8 Å². The molecule has 0 spiro atoms. The molecule has 3 atom stereocenters. The lowest BCUT2D eigenvalue weighted by atomic mass is 9.94. The highest BCUT2D eigenvalue weighted by atomic mass is 16.5. The van der Waals surface area contributed by atoms with Gasteiger partial charge in [-0.25, -0.2) is 0 Å². The Labute approximate surface area is 129 Å². The zero-order chi connectivity index (χ0) is 16.3. The molecule has 0 aliphatic carbocycles. The second-order valence-electron chi connectivity index (χ2n) is 5.61. The first-order valence-electron chi connectivity index (χ1n) is 7.25. The zero-order valence-corrected chi connectivity index (χ0v) is 13.0. The Morgan fingerprint density at radius 1 is 1.41 bits per heavy atom. The molecule has 0 saturated heterocycles. The molecule has 120 valence electrons. The monoisotopic (exact) mass is 307 g/mol. The van der Waals surface area contributed by atoms with Crippen molar-refractivity contribution in [1.29, 1.82) is 0 Å². The lowest BCUT2D eigenvalue weighted by Gasteiger charge is -2.27. The largest absolute Gasteiger partial charge is 0.497 e. The molecule has 0 aromatic heterocycles. The van der Waals surface area contributed by atoms with E-state index in [-0.39, 0.29) is 11.8 Å². The van der Waals surface area contributed by atoms with Gasteiger partial charge in [0, 0.05) is 6.04 Å². The minimum atomic E-state index is -0.928. The van der Waals surface area contributed by atoms with Gasteiger partial charge in [0.25, 0.3) is 0 Å². The number of methoxy groups -OCH3 is 1. The maximum absolute atomic E-state index is 12.3. The SMILES string of the molecule is COc1ccc2c(c1)CC(C(=O)NC(C)C(C)C(=O)O)CO2. The molecule has 0 bridgehead atoms. The van der Waals surface area contributed by atoms with Crippen LogP contribution in [0.15, 0.2) is 18.2 Å². The number of aliphatic carboxylic acids is 1. The molecule has 3 unspecified atom stereocenters. The zero-order valence-electron chi connectivity index (χ0n) is 13.0. The predicted molar refractivity (Wildman–Crippen MR) is 80.1 cm³/mol. The molecule has 0 fully saturated rings. The normalized spacial score (nSPS) is 19.3. The summed E-state index contributed by atoms with van der Waals surface area (Å²) in [6, 6.07) is 5.07. The van der Waals surface area contributed by atoms with Crippen LogP contribution in [-0.2, 0) is 16.0 Å². The molecule has 0 saturated carbocycles. The number of hydrogen-bond donors (Lipinski definition) is 2. The average Bonchev–Trinajstić information content (AvgIpc) is 2.52. The number of benzene rings is 1. The minimum absolute atomic E-state index is 0.186. The van der Waals surface area contributed by atoms with Gasteiger partial charge in [-0.15, -0.1) is 0 Å². The molecule has 22 heavy (non-hydrogen) atoms. The smallest absolute Gasteiger partial charge is 0.308 e. The van der Waals surface area contributed by atoms with Crippen molar-refractivity contribution in [3.05, 3.63) is 23.8 Å². The molecule has 1 aromatic rings. The van der Waals surface area contributed by atoms with Gasteiger partial charge in [0.05, 0.1) is 18.9 Å². The highest BCUT2D eigenvalue weighted by Gasteiger charge is 2.29. The van der Waals surface area contributed by atoms with E-state index in [1.54, 1.807) is 21.0 Å². The molecule has 1 aliphatic heterocycles. The van der Waals surface area contributed by atoms with Gasteiger partial charge in [-0.3, -0.25) is 9.59 Å². The summed E-state index contributed by atoms with van der Waals surface area (Å²) in [6.07, 6.45) is 0.548. The molecule has 1 aromatic carbocycles. The lowest BCUT2D eigenvalue weighted by Crippen LogP contribution is -2.45. The van der Waals surface area contributed by atoms with Crippen molar-refractivity contribution in [2.24, 2.45) is 11.8 Å². The summed E-state index contributed by atoms with van der Waals surface area (Å²) in [5.74, 6) is -0.603. The first-order valence-corrected chi connectivity index (χ1v) is 7.25. The molecular formula is C16H21NO5. The highest BCUT2D eigenvalue weighted by Crippen LogP contribution is 2.30. The fraction of sp³-hybridized carbons (Fsp3) is 0.500. The van der Waals surface area contributed by atoms with Crippen LogP contribution in [0.2, 0.25) is 0 Å². The van der Waals surface area contributed by atoms with E-state index in [1.807, 2.05) is 18.2 Å². The third-order valence-electron chi connectivity index (χ3n) is 4.05. The standard InChI is InChI=1S/C16H21NO5/c1-9(16(19)20)10(2)17-15(18)12-6-11-7-13(21-3)4-5-14(11)22-8-12/h4-5,7,9-10,12H,6,8H2,1-3H3,(H,17,18)(H,19,20). The molecule has 0 radical (unpaired) electrons. The van der Waals surface area contributed by atoms with E-state index >= 15 is 0 Å². The van der Waals surface area contributed by atoms with Gasteiger partial charge < -0.3 is 19.9 Å². The first kappa shape index (κ1) is 16.1. The number of hydrogen-bond acceptors (Lipinski definition) is 4. The van der Waals surface area contributed by atoms with Crippen LogP contribution in [0.25, 0.3) is 0 Å². The van der Waals surface area contributed by atoms with Gasteiger partial charge in [0.2, 0.25) is 5.91 Å². The molecule has 1 aliphatic rings. The first-order chi connectivity index (χ1) is 10.4. The van der Waals surface area contributed by atoms with Crippen molar-refractivity contribution in [1.82, 2.24) is 5.32 Å². The number of ether oxygens (including phenoxy) is 2. The van der Waals surface area contributed by atoms with E-state index in [0.717, 1.165) is 17.1 Å². The fourth-order valence-corrected chi connectivity index (χ4v) is 2.35. The molecule has 2 N–H and O–H groups in total. The van der Waals surface area contributed by atoms with Gasteiger partial charge in [-0.2, -0.15) is 0 Å². The average molecular weight is 307 g/mol. The Morgan fingerprint density at radius 2 is 2.14 bits per heavy atom. The molecule has 6 heteroatoms. The van der Waals surface area contributed by atoms with E-state index in [2.05, 4.69) is 5.32 Å². The van der Waals surface area contributed by atoms with Crippen LogP contribution in [0.5, 0.6) is 11.5 Å². The van der Waals surface area contributed by atoms with E-state index in [1.165, 1.54) is 0 Å². The Bertz CT molecular complexity index is 572. The summed E-state index contributed by atoms with van der Waals surface area (Å²) >= 11 is 0. The van der Waals surface area contributed by atoms with Gasteiger partial charge >= 0.3 is 5.97 Å². The number of carboxylic acid groups (broad SMARTS) is 1. The van der Waals surface area contributed by atoms with Crippen LogP contribution < -0.4 is 14.8 Å². The number of nitrogens with one attached hydrogen (secondary N) is 1. The highest BCUT2D eigenvalue weighted by molar-refractivity contribution is 5.81. The van der Waals surface area contributed by atoms with Crippen molar-refractivity contribution >= 4 is 11.9 Å². The van der Waals surface area contributed by atoms with Gasteiger partial charge in [-0.05, 0) is 44.0 Å². The van der Waals surface area contributed by atoms with E-state index in [4.69, 9.17) is 14.6 Å². The number of amides is 1. The maximum Gasteiger partial charge on any atom is 0.308 e. The van der Waals surface area contributed by atoms with Crippen molar-refractivity contribution in [3.63, 3.8) is 0 Å². The molecule has 1 heterocycles. The van der Waals surface area contributed by atoms with E-state index in [9.17, 15) is 9.59 Å². The van der Waals surface area contributed by atoms with Crippen molar-refractivity contribution in [3.8, 4) is 11.5 Å². The third-order valence-corrected chi connectivity index (χ3v) is 4.05. The molecule has 1 amide bonds. The quantitative estimate of drug-likeness (QED) is 0.860. The van der Waals surface area contributed by atoms with Gasteiger partial charge in [0.1, 0.15) is 18.1 Å². The molecule has 6 nitrogen and oxygen atoms in total. The third kappa shape index (κ3) is 3.50. The van der Waals surface area contributed by atoms with Crippen LogP contribution in [0.4, 0.5) is 0 Å². The van der Waals surface area contributed by atoms with Crippen LogP contribution in [-0.4, -0.2) is 36.7 Å². The topological polar surface area (TPSA) is 84.9 Å². The number of carbonyl (C=O) groups excluding carboxylic acids is 1. The van der Waals surface area contributed by atoms with E-state index < -0.39 is 17.9 Å². The fourth-order valence-electron chi connectivity index (χ4n) is 2.35. The number of carboxylic acids is 1. The van der Waals surface area contributed by atoms with E-state index in [0.29, 0.717) is 13.0 Å². The molecular weight excluding hydrogens is 286 g/mol. The summed E-state index contributed by atoms with van der Waals surface area (Å²) in [6.45, 7) is 3.56. The summed E-state index contributed by atoms with van der Waals surface area (Å²) in [5.41, 5.74) is 0.921. The second-order valence-corrected chi connectivity index (χ2v) is 5.61. The maximum atomic E-state index is 12.3. The van der Waals surface area contributed by atoms with Crippen molar-refractivity contribution in [2.75, 3.05) is 13.7 Å². The minimum Gasteiger partial charge on any atom is -0.497 e. The Balaban J connectivity index is 2.02. The van der Waals surface area contributed by atoms with Crippen molar-refractivity contribution in [2.45, 2.75) is 26.3 Å².